The first-order valence-electron chi connectivity index (χ1n) is 11.5. The zero-order chi connectivity index (χ0) is 26.3. The van der Waals surface area contributed by atoms with Gasteiger partial charge in [0.15, 0.2) is 10.9 Å². The molecule has 0 radical (unpaired) electrons. The van der Waals surface area contributed by atoms with Crippen molar-refractivity contribution in [3.63, 3.8) is 0 Å². The number of allylic oxidation sites excluding steroid dienone is 1. The van der Waals surface area contributed by atoms with Crippen molar-refractivity contribution in [2.45, 2.75) is 30.3 Å². The third kappa shape index (κ3) is 5.38. The van der Waals surface area contributed by atoms with Crippen LogP contribution in [0, 0.1) is 5.92 Å². The zero-order valence-corrected chi connectivity index (χ0v) is 23.9. The van der Waals surface area contributed by atoms with Gasteiger partial charge in [-0.15, -0.1) is 11.8 Å². The number of nitrogen functional groups attached to an aromatic ring is 1. The summed E-state index contributed by atoms with van der Waals surface area (Å²) < 4.78 is 3.82. The van der Waals surface area contributed by atoms with Gasteiger partial charge in [-0.2, -0.15) is 9.36 Å². The number of fused-ring (bicyclic) bond motifs is 1. The normalized spacial score (nSPS) is 28.1. The standard InChI is InChI=1S/C21H24N8O6S2.Na/c22-21-26-16(28-37-21)12(27-35)17(31)25-13-18(32)29-14(20(33)34)10(7-36-19(13)29)3-8-4-11(24-5-8)15(30)9-1-2-23-6-9;/h3,9,11,13,19,23-24,35H,1-2,4-7H2,(H,25,31)(H,33,34)(H2,22,26,28);/q;+1/p-1/b8-3-,27-12-;/t9?,11?,13-,19-;/m1./s1. The molecule has 1 aromatic rings. The van der Waals surface area contributed by atoms with Crippen LogP contribution >= 0.6 is 23.3 Å². The summed E-state index contributed by atoms with van der Waals surface area (Å²) in [6, 6.07) is -1.37. The predicted molar refractivity (Wildman–Crippen MR) is 130 cm³/mol. The Bertz CT molecular complexity index is 1260. The van der Waals surface area contributed by atoms with E-state index in [9.17, 15) is 29.5 Å². The van der Waals surface area contributed by atoms with Gasteiger partial charge >= 0.3 is 29.6 Å². The van der Waals surface area contributed by atoms with Crippen molar-refractivity contribution in [2.75, 3.05) is 31.1 Å². The maximum atomic E-state index is 12.9. The number of β-lactam (4-membered cyclic amide) rings is 1. The fraction of sp³-hybridized carbons (Fsp3) is 0.476. The average molecular weight is 571 g/mol. The van der Waals surface area contributed by atoms with Crippen LogP contribution in [-0.2, 0) is 19.2 Å². The second kappa shape index (κ2) is 11.8. The molecule has 4 aliphatic heterocycles. The number of nitrogens with zero attached hydrogens (tertiary/aromatic N) is 4. The minimum atomic E-state index is -1.51. The Morgan fingerprint density at radius 2 is 2.13 bits per heavy atom. The Morgan fingerprint density at radius 1 is 1.34 bits per heavy atom. The third-order valence-electron chi connectivity index (χ3n) is 6.67. The number of anilines is 1. The summed E-state index contributed by atoms with van der Waals surface area (Å²) in [7, 11) is 0. The van der Waals surface area contributed by atoms with Gasteiger partial charge in [0.25, 0.3) is 11.8 Å². The molecule has 17 heteroatoms. The monoisotopic (exact) mass is 570 g/mol. The van der Waals surface area contributed by atoms with Crippen LogP contribution < -0.4 is 56.3 Å². The molecule has 6 N–H and O–H groups in total. The Balaban J connectivity index is 0.00000336. The Morgan fingerprint density at radius 3 is 2.76 bits per heavy atom. The molecular formula is C21H23N8NaO6S2. The maximum Gasteiger partial charge on any atom is 1.00 e. The molecule has 5 rings (SSSR count). The van der Waals surface area contributed by atoms with Crippen molar-refractivity contribution in [1.82, 2.24) is 30.2 Å². The molecule has 2 amide bonds. The van der Waals surface area contributed by atoms with Gasteiger partial charge in [-0.25, -0.2) is 0 Å². The molecule has 0 saturated carbocycles. The molecule has 14 nitrogen and oxygen atoms in total. The first kappa shape index (κ1) is 28.7. The van der Waals surface area contributed by atoms with E-state index in [0.717, 1.165) is 35.0 Å². The summed E-state index contributed by atoms with van der Waals surface area (Å²) in [6.07, 6.45) is 3.00. The number of nitrogens with two attached hydrogens (primary N) is 1. The number of nitrogens with one attached hydrogen (secondary N) is 3. The number of aliphatic carboxylic acids is 1. The first-order valence-corrected chi connectivity index (χ1v) is 13.3. The van der Waals surface area contributed by atoms with E-state index in [2.05, 4.69) is 30.5 Å². The Kier molecular flexibility index (Phi) is 8.91. The van der Waals surface area contributed by atoms with E-state index in [0.29, 0.717) is 25.1 Å². The topological polar surface area (TPSA) is 215 Å². The number of oxime groups is 1. The molecule has 0 aliphatic carbocycles. The summed E-state index contributed by atoms with van der Waals surface area (Å²) >= 11 is 2.08. The van der Waals surface area contributed by atoms with Gasteiger partial charge in [0, 0.05) is 36.3 Å². The van der Waals surface area contributed by atoms with Gasteiger partial charge in [-0.1, -0.05) is 16.8 Å². The fourth-order valence-corrected chi connectivity index (χ4v) is 6.62. The molecule has 0 bridgehead atoms. The van der Waals surface area contributed by atoms with E-state index >= 15 is 0 Å². The van der Waals surface area contributed by atoms with E-state index in [4.69, 9.17) is 5.73 Å². The van der Waals surface area contributed by atoms with Crippen LogP contribution in [0.25, 0.3) is 0 Å². The quantitative estimate of drug-likeness (QED) is 0.0681. The average Bonchev–Trinajstić information content (AvgIpc) is 3.65. The SMILES string of the molecule is Nc1nc(/C(=N/O)C(=O)N[C@@H]2C(=O)N3C(C(=O)[O-])=C(/C=C4\CNC(C(=O)C5CCNC5)C4)CS[C@H]23)ns1.[Na+]. The van der Waals surface area contributed by atoms with Crippen LogP contribution in [0.15, 0.2) is 28.1 Å². The van der Waals surface area contributed by atoms with Gasteiger partial charge in [0.05, 0.1) is 17.7 Å². The molecule has 4 aliphatic rings. The minimum Gasteiger partial charge on any atom is -0.543 e. The summed E-state index contributed by atoms with van der Waals surface area (Å²) in [5.41, 5.74) is 6.00. The van der Waals surface area contributed by atoms with Crippen LogP contribution in [0.1, 0.15) is 18.7 Å². The number of hydrogen-bond acceptors (Lipinski definition) is 14. The molecule has 2 unspecified atom stereocenters. The number of rotatable bonds is 7. The maximum absolute atomic E-state index is 12.9. The van der Waals surface area contributed by atoms with Crippen molar-refractivity contribution in [2.24, 2.45) is 11.1 Å². The van der Waals surface area contributed by atoms with Gasteiger partial charge in [0.1, 0.15) is 11.4 Å². The largest absolute Gasteiger partial charge is 1.00 e. The van der Waals surface area contributed by atoms with E-state index < -0.39 is 34.9 Å². The summed E-state index contributed by atoms with van der Waals surface area (Å²) in [6.45, 7) is 1.93. The number of carboxylic acid groups (broad SMARTS) is 1. The number of Topliss-reactive ketones (excluding diaryl/α,β-unsaturated/α-hetero) is 1. The Hall–Kier alpha value is -2.34. The van der Waals surface area contributed by atoms with Crippen molar-refractivity contribution >= 4 is 57.7 Å². The zero-order valence-electron chi connectivity index (χ0n) is 20.3. The summed E-state index contributed by atoms with van der Waals surface area (Å²) in [5, 5.41) is 32.4. The molecule has 4 atom stereocenters. The van der Waals surface area contributed by atoms with Crippen LogP contribution in [0.2, 0.25) is 0 Å². The molecule has 196 valence electrons. The molecule has 0 spiro atoms. The molecule has 0 aromatic carbocycles. The number of carbonyl (C=O) groups is 4. The van der Waals surface area contributed by atoms with Crippen LogP contribution in [-0.4, -0.2) is 91.6 Å². The second-order valence-electron chi connectivity index (χ2n) is 8.96. The second-order valence-corrected chi connectivity index (χ2v) is 10.8. The van der Waals surface area contributed by atoms with Crippen molar-refractivity contribution < 1.29 is 59.0 Å². The molecular weight excluding hydrogens is 547 g/mol. The molecule has 3 saturated heterocycles. The molecule has 1 aromatic heterocycles. The number of amides is 2. The first-order chi connectivity index (χ1) is 17.8. The number of aromatic nitrogens is 2. The number of carboxylic acids is 1. The van der Waals surface area contributed by atoms with Gasteiger partial charge < -0.3 is 36.8 Å². The number of carbonyl (C=O) groups excluding carboxylic acids is 4. The van der Waals surface area contributed by atoms with E-state index in [1.807, 2.05) is 0 Å². The number of ketones is 1. The van der Waals surface area contributed by atoms with Crippen LogP contribution in [0.4, 0.5) is 5.13 Å². The predicted octanol–water partition coefficient (Wildman–Crippen LogP) is -5.83. The summed E-state index contributed by atoms with van der Waals surface area (Å²) in [4.78, 5) is 55.2. The van der Waals surface area contributed by atoms with E-state index in [1.165, 1.54) is 11.8 Å². The molecule has 5 heterocycles. The van der Waals surface area contributed by atoms with Crippen LogP contribution in [0.5, 0.6) is 0 Å². The Labute approximate surface area is 247 Å². The number of thioether (sulfide) groups is 1. The number of hydrogen-bond donors (Lipinski definition) is 5. The minimum absolute atomic E-state index is 0. The smallest absolute Gasteiger partial charge is 0.543 e. The van der Waals surface area contributed by atoms with Gasteiger partial charge in [-0.3, -0.25) is 19.3 Å². The van der Waals surface area contributed by atoms with Gasteiger partial charge in [-0.05, 0) is 25.0 Å². The van der Waals surface area contributed by atoms with E-state index in [1.54, 1.807) is 6.08 Å². The third-order valence-corrected chi connectivity index (χ3v) is 8.52. The summed E-state index contributed by atoms with van der Waals surface area (Å²) in [5.74, 6) is -2.87. The van der Waals surface area contributed by atoms with Crippen LogP contribution in [0.3, 0.4) is 0 Å². The van der Waals surface area contributed by atoms with Crippen molar-refractivity contribution in [3.8, 4) is 0 Å². The molecule has 3 fully saturated rings. The van der Waals surface area contributed by atoms with Crippen molar-refractivity contribution in [1.29, 1.82) is 0 Å². The fourth-order valence-electron chi connectivity index (χ4n) is 4.88. The van der Waals surface area contributed by atoms with E-state index in [-0.39, 0.29) is 69.7 Å². The van der Waals surface area contributed by atoms with Crippen molar-refractivity contribution in [3.05, 3.63) is 28.7 Å². The van der Waals surface area contributed by atoms with Gasteiger partial charge in [0.2, 0.25) is 11.5 Å². The molecule has 38 heavy (non-hydrogen) atoms.